The lowest BCUT2D eigenvalue weighted by molar-refractivity contribution is -0.156. The first-order valence-corrected chi connectivity index (χ1v) is 5.90. The Bertz CT molecular complexity index is 349. The number of amides is 1. The zero-order valence-corrected chi connectivity index (χ0v) is 11.5. The maximum absolute atomic E-state index is 12.0. The smallest absolute Gasteiger partial charge is 0.411 e. The molecule has 0 spiro atoms. The van der Waals surface area contributed by atoms with Crippen molar-refractivity contribution < 1.29 is 24.2 Å². The zero-order chi connectivity index (χ0) is 14.1. The maximum Gasteiger partial charge on any atom is 0.411 e. The molecule has 1 amide bonds. The minimum absolute atomic E-state index is 0.266. The minimum atomic E-state index is -1.38. The van der Waals surface area contributed by atoms with E-state index in [4.69, 9.17) is 4.74 Å². The Morgan fingerprint density at radius 1 is 1.39 bits per heavy atom. The van der Waals surface area contributed by atoms with Crippen molar-refractivity contribution in [2.24, 2.45) is 0 Å². The van der Waals surface area contributed by atoms with E-state index in [1.165, 1.54) is 18.9 Å². The normalized spacial score (nSPS) is 28.1. The minimum Gasteiger partial charge on any atom is -0.467 e. The van der Waals surface area contributed by atoms with Crippen molar-refractivity contribution in [3.63, 3.8) is 0 Å². The fraction of sp³-hybridized carbons (Fsp3) is 0.833. The van der Waals surface area contributed by atoms with Crippen molar-refractivity contribution in [2.75, 3.05) is 13.7 Å². The number of methoxy groups -OCH3 is 1. The zero-order valence-electron chi connectivity index (χ0n) is 11.5. The molecule has 18 heavy (non-hydrogen) atoms. The molecular formula is C12H21NO5. The molecule has 1 N–H and O–H groups in total. The van der Waals surface area contributed by atoms with E-state index in [9.17, 15) is 14.7 Å². The molecule has 0 aromatic rings. The molecule has 0 bridgehead atoms. The number of aliphatic hydroxyl groups is 1. The Kier molecular flexibility index (Phi) is 3.90. The van der Waals surface area contributed by atoms with E-state index in [0.29, 0.717) is 6.42 Å². The average Bonchev–Trinajstić information content (AvgIpc) is 2.53. The molecule has 0 aromatic heterocycles. The van der Waals surface area contributed by atoms with Crippen LogP contribution in [0.1, 0.15) is 34.1 Å². The van der Waals surface area contributed by atoms with Crippen LogP contribution in [0.4, 0.5) is 4.79 Å². The van der Waals surface area contributed by atoms with Gasteiger partial charge in [0.15, 0.2) is 5.54 Å². The summed E-state index contributed by atoms with van der Waals surface area (Å²) in [4.78, 5) is 25.1. The summed E-state index contributed by atoms with van der Waals surface area (Å²) in [5, 5.41) is 9.92. The van der Waals surface area contributed by atoms with Crippen LogP contribution in [0, 0.1) is 0 Å². The molecule has 1 aliphatic heterocycles. The average molecular weight is 259 g/mol. The molecule has 104 valence electrons. The highest BCUT2D eigenvalue weighted by Gasteiger charge is 2.54. The van der Waals surface area contributed by atoms with Gasteiger partial charge in [-0.2, -0.15) is 0 Å². The quantitative estimate of drug-likeness (QED) is 0.709. The fourth-order valence-corrected chi connectivity index (χ4v) is 2.00. The molecule has 1 saturated heterocycles. The molecule has 0 unspecified atom stereocenters. The van der Waals surface area contributed by atoms with Gasteiger partial charge in [0.2, 0.25) is 0 Å². The predicted molar refractivity (Wildman–Crippen MR) is 64.0 cm³/mol. The summed E-state index contributed by atoms with van der Waals surface area (Å²) in [6.07, 6.45) is -1.24. The van der Waals surface area contributed by atoms with Crippen molar-refractivity contribution in [2.45, 2.75) is 51.4 Å². The molecular weight excluding hydrogens is 238 g/mol. The SMILES string of the molecule is COC(=O)[C@@]1(C)[C@H](O)CCN1C(=O)OC(C)(C)C. The van der Waals surface area contributed by atoms with Gasteiger partial charge in [0.1, 0.15) is 5.60 Å². The highest BCUT2D eigenvalue weighted by Crippen LogP contribution is 2.32. The second kappa shape index (κ2) is 4.76. The third-order valence-corrected chi connectivity index (χ3v) is 3.05. The van der Waals surface area contributed by atoms with E-state index in [1.807, 2.05) is 0 Å². The summed E-state index contributed by atoms with van der Waals surface area (Å²) in [5.74, 6) is -0.640. The summed E-state index contributed by atoms with van der Waals surface area (Å²) >= 11 is 0. The van der Waals surface area contributed by atoms with Gasteiger partial charge in [-0.25, -0.2) is 9.59 Å². The molecule has 1 heterocycles. The summed E-state index contributed by atoms with van der Waals surface area (Å²) < 4.78 is 9.90. The number of aliphatic hydroxyl groups excluding tert-OH is 1. The highest BCUT2D eigenvalue weighted by atomic mass is 16.6. The summed E-state index contributed by atoms with van der Waals surface area (Å²) in [5.41, 5.74) is -2.03. The Morgan fingerprint density at radius 3 is 2.39 bits per heavy atom. The monoisotopic (exact) mass is 259 g/mol. The predicted octanol–water partition coefficient (Wildman–Crippen LogP) is 0.920. The molecule has 6 heteroatoms. The van der Waals surface area contributed by atoms with E-state index in [1.54, 1.807) is 20.8 Å². The number of nitrogens with zero attached hydrogens (tertiary/aromatic N) is 1. The lowest BCUT2D eigenvalue weighted by Crippen LogP contribution is -2.57. The number of ether oxygens (including phenoxy) is 2. The third kappa shape index (κ3) is 2.58. The third-order valence-electron chi connectivity index (χ3n) is 3.05. The van der Waals surface area contributed by atoms with Gasteiger partial charge >= 0.3 is 12.1 Å². The van der Waals surface area contributed by atoms with Crippen LogP contribution in [0.2, 0.25) is 0 Å². The second-order valence-corrected chi connectivity index (χ2v) is 5.58. The maximum atomic E-state index is 12.0. The topological polar surface area (TPSA) is 76.1 Å². The van der Waals surface area contributed by atoms with Crippen LogP contribution in [0.15, 0.2) is 0 Å². The Labute approximate surface area is 107 Å². The van der Waals surface area contributed by atoms with Crippen molar-refractivity contribution in [3.05, 3.63) is 0 Å². The van der Waals surface area contributed by atoms with Crippen LogP contribution in [0.25, 0.3) is 0 Å². The van der Waals surface area contributed by atoms with Gasteiger partial charge in [-0.3, -0.25) is 4.90 Å². The van der Waals surface area contributed by atoms with Crippen molar-refractivity contribution in [1.29, 1.82) is 0 Å². The van der Waals surface area contributed by atoms with E-state index in [2.05, 4.69) is 4.74 Å². The van der Waals surface area contributed by atoms with Gasteiger partial charge in [0.05, 0.1) is 13.2 Å². The summed E-state index contributed by atoms with van der Waals surface area (Å²) in [6, 6.07) is 0. The van der Waals surface area contributed by atoms with E-state index in [-0.39, 0.29) is 6.54 Å². The lowest BCUT2D eigenvalue weighted by Gasteiger charge is -2.35. The summed E-state index contributed by atoms with van der Waals surface area (Å²) in [6.45, 7) is 6.98. The van der Waals surface area contributed by atoms with E-state index >= 15 is 0 Å². The van der Waals surface area contributed by atoms with E-state index in [0.717, 1.165) is 0 Å². The number of carbonyl (C=O) groups excluding carboxylic acids is 2. The first-order chi connectivity index (χ1) is 8.13. The van der Waals surface area contributed by atoms with Crippen LogP contribution in [0.3, 0.4) is 0 Å². The van der Waals surface area contributed by atoms with E-state index < -0.39 is 29.3 Å². The fourth-order valence-electron chi connectivity index (χ4n) is 2.00. The molecule has 0 saturated carbocycles. The molecule has 1 rings (SSSR count). The van der Waals surface area contributed by atoms with Gasteiger partial charge in [-0.05, 0) is 34.1 Å². The first kappa shape index (κ1) is 14.8. The highest BCUT2D eigenvalue weighted by molar-refractivity contribution is 5.87. The van der Waals surface area contributed by atoms with Gasteiger partial charge < -0.3 is 14.6 Å². The summed E-state index contributed by atoms with van der Waals surface area (Å²) in [7, 11) is 1.23. The standard InChI is InChI=1S/C12H21NO5/c1-11(2,3)18-10(16)13-7-6-8(14)12(13,4)9(15)17-5/h8,14H,6-7H2,1-5H3/t8-,12-/m1/s1. The van der Waals surface area contributed by atoms with Crippen LogP contribution in [0.5, 0.6) is 0 Å². The van der Waals surface area contributed by atoms with Gasteiger partial charge in [0.25, 0.3) is 0 Å². The van der Waals surface area contributed by atoms with Crippen LogP contribution >= 0.6 is 0 Å². The van der Waals surface area contributed by atoms with Crippen LogP contribution < -0.4 is 0 Å². The Balaban J connectivity index is 2.94. The van der Waals surface area contributed by atoms with Gasteiger partial charge in [-0.1, -0.05) is 0 Å². The van der Waals surface area contributed by atoms with Crippen molar-refractivity contribution >= 4 is 12.1 Å². The lowest BCUT2D eigenvalue weighted by atomic mass is 9.96. The largest absolute Gasteiger partial charge is 0.467 e. The molecule has 1 fully saturated rings. The molecule has 2 atom stereocenters. The van der Waals surface area contributed by atoms with Gasteiger partial charge in [-0.15, -0.1) is 0 Å². The molecule has 1 aliphatic rings. The van der Waals surface area contributed by atoms with Crippen LogP contribution in [-0.4, -0.2) is 53.0 Å². The number of rotatable bonds is 1. The van der Waals surface area contributed by atoms with Crippen molar-refractivity contribution in [3.8, 4) is 0 Å². The number of likely N-dealkylation sites (tertiary alicyclic amines) is 1. The number of esters is 1. The Morgan fingerprint density at radius 2 is 1.94 bits per heavy atom. The Hall–Kier alpha value is -1.30. The number of carbonyl (C=O) groups is 2. The number of hydrogen-bond acceptors (Lipinski definition) is 5. The van der Waals surface area contributed by atoms with Crippen LogP contribution in [-0.2, 0) is 14.3 Å². The number of hydrogen-bond donors (Lipinski definition) is 1. The molecule has 6 nitrogen and oxygen atoms in total. The first-order valence-electron chi connectivity index (χ1n) is 5.90. The molecule has 0 radical (unpaired) electrons. The molecule has 0 aromatic carbocycles. The molecule has 0 aliphatic carbocycles. The van der Waals surface area contributed by atoms with Gasteiger partial charge in [0, 0.05) is 6.54 Å². The second-order valence-electron chi connectivity index (χ2n) is 5.58. The van der Waals surface area contributed by atoms with Crippen molar-refractivity contribution in [1.82, 2.24) is 4.90 Å².